The maximum Gasteiger partial charge on any atom is 0.416 e. The van der Waals surface area contributed by atoms with Crippen LogP contribution in [-0.4, -0.2) is 43.2 Å². The van der Waals surface area contributed by atoms with Crippen LogP contribution in [0.15, 0.2) is 60.8 Å². The highest BCUT2D eigenvalue weighted by atomic mass is 19.4. The fourth-order valence-corrected chi connectivity index (χ4v) is 4.85. The number of ether oxygens (including phenoxy) is 3. The van der Waals surface area contributed by atoms with Crippen LogP contribution >= 0.6 is 0 Å². The molecule has 0 atom stereocenters. The molecule has 12 heteroatoms. The maximum absolute atomic E-state index is 14.9. The summed E-state index contributed by atoms with van der Waals surface area (Å²) in [6.07, 6.45) is -1.15. The number of alkyl halides is 3. The van der Waals surface area contributed by atoms with Gasteiger partial charge in [0.15, 0.2) is 11.5 Å². The lowest BCUT2D eigenvalue weighted by Gasteiger charge is -2.20. The number of likely N-dealkylation sites (tertiary alicyclic amines) is 1. The summed E-state index contributed by atoms with van der Waals surface area (Å²) in [5.74, 6) is 0.666. The van der Waals surface area contributed by atoms with E-state index < -0.39 is 23.6 Å². The van der Waals surface area contributed by atoms with Crippen LogP contribution in [-0.2, 0) is 12.7 Å². The van der Waals surface area contributed by atoms with Gasteiger partial charge in [0.2, 0.25) is 0 Å². The number of rotatable bonds is 8. The average molecular weight is 585 g/mol. The number of nitrogens with zero attached hydrogens (tertiary/aromatic N) is 2. The predicted octanol–water partition coefficient (Wildman–Crippen LogP) is 7.44. The molecule has 42 heavy (non-hydrogen) atoms. The van der Waals surface area contributed by atoms with E-state index in [9.17, 15) is 22.4 Å². The van der Waals surface area contributed by atoms with Crippen molar-refractivity contribution in [3.8, 4) is 23.0 Å². The summed E-state index contributed by atoms with van der Waals surface area (Å²) < 4.78 is 72.8. The molecular formula is C30H28F4N4O4. The standard InChI is InChI=1S/C30H28F4N4O4/c1-40-27-15-21-25(16-28(27)41-2)35-10-9-26(21)42-20-7-8-24(23(31)14-20)37-29(39)36-19-6-5-18(17-38-11-3-4-12-38)22(13-19)30(32,33)34/h5-10,13-16H,3-4,11-12,17H2,1-2H3,(H2,36,37,39). The summed E-state index contributed by atoms with van der Waals surface area (Å²) in [4.78, 5) is 18.8. The van der Waals surface area contributed by atoms with E-state index >= 15 is 0 Å². The summed E-state index contributed by atoms with van der Waals surface area (Å²) in [6.45, 7) is 1.68. The number of methoxy groups -OCH3 is 2. The number of fused-ring (bicyclic) bond motifs is 1. The van der Waals surface area contributed by atoms with Crippen molar-refractivity contribution in [1.82, 2.24) is 9.88 Å². The zero-order valence-electron chi connectivity index (χ0n) is 22.8. The van der Waals surface area contributed by atoms with Crippen molar-refractivity contribution in [3.63, 3.8) is 0 Å². The van der Waals surface area contributed by atoms with Crippen molar-refractivity contribution in [2.75, 3.05) is 37.9 Å². The number of hydrogen-bond donors (Lipinski definition) is 2. The molecule has 1 fully saturated rings. The van der Waals surface area contributed by atoms with Gasteiger partial charge < -0.3 is 24.8 Å². The van der Waals surface area contributed by atoms with Gasteiger partial charge in [-0.05, 0) is 67.9 Å². The van der Waals surface area contributed by atoms with E-state index in [2.05, 4.69) is 15.6 Å². The first-order valence-electron chi connectivity index (χ1n) is 13.1. The van der Waals surface area contributed by atoms with Crippen molar-refractivity contribution < 1.29 is 36.6 Å². The van der Waals surface area contributed by atoms with Crippen molar-refractivity contribution in [1.29, 1.82) is 0 Å². The summed E-state index contributed by atoms with van der Waals surface area (Å²) in [5.41, 5.74) is -0.371. The van der Waals surface area contributed by atoms with Crippen molar-refractivity contribution in [3.05, 3.63) is 77.7 Å². The van der Waals surface area contributed by atoms with Gasteiger partial charge in [-0.15, -0.1) is 0 Å². The number of halogens is 4. The van der Waals surface area contributed by atoms with Gasteiger partial charge in [0, 0.05) is 35.9 Å². The lowest BCUT2D eigenvalue weighted by molar-refractivity contribution is -0.138. The molecule has 4 aromatic rings. The zero-order valence-corrected chi connectivity index (χ0v) is 22.8. The summed E-state index contributed by atoms with van der Waals surface area (Å²) >= 11 is 0. The van der Waals surface area contributed by atoms with E-state index in [0.29, 0.717) is 28.2 Å². The summed E-state index contributed by atoms with van der Waals surface area (Å²) in [7, 11) is 3.01. The van der Waals surface area contributed by atoms with Crippen LogP contribution in [0.1, 0.15) is 24.0 Å². The average Bonchev–Trinajstić information content (AvgIpc) is 3.47. The van der Waals surface area contributed by atoms with Gasteiger partial charge in [0.05, 0.1) is 31.0 Å². The second-order valence-corrected chi connectivity index (χ2v) is 9.71. The van der Waals surface area contributed by atoms with Crippen molar-refractivity contribution in [2.45, 2.75) is 25.6 Å². The van der Waals surface area contributed by atoms with Gasteiger partial charge >= 0.3 is 12.2 Å². The Labute approximate surface area is 239 Å². The van der Waals surface area contributed by atoms with E-state index in [1.165, 1.54) is 44.7 Å². The molecule has 220 valence electrons. The van der Waals surface area contributed by atoms with Gasteiger partial charge in [-0.25, -0.2) is 9.18 Å². The fraction of sp³-hybridized carbons (Fsp3) is 0.267. The molecule has 1 saturated heterocycles. The van der Waals surface area contributed by atoms with Gasteiger partial charge in [0.25, 0.3) is 0 Å². The van der Waals surface area contributed by atoms with E-state index in [4.69, 9.17) is 14.2 Å². The highest BCUT2D eigenvalue weighted by molar-refractivity contribution is 6.00. The number of anilines is 2. The molecule has 2 N–H and O–H groups in total. The van der Waals surface area contributed by atoms with Crippen molar-refractivity contribution in [2.24, 2.45) is 0 Å². The molecule has 0 unspecified atom stereocenters. The van der Waals surface area contributed by atoms with E-state index in [-0.39, 0.29) is 29.2 Å². The maximum atomic E-state index is 14.9. The molecule has 8 nitrogen and oxygen atoms in total. The molecule has 0 spiro atoms. The third-order valence-electron chi connectivity index (χ3n) is 6.89. The molecule has 0 radical (unpaired) electrons. The van der Waals surface area contributed by atoms with Crippen LogP contribution in [0.25, 0.3) is 10.9 Å². The molecule has 2 amide bonds. The molecule has 5 rings (SSSR count). The molecular weight excluding hydrogens is 556 g/mol. The Bertz CT molecular complexity index is 1610. The number of urea groups is 1. The molecule has 0 saturated carbocycles. The normalized spacial score (nSPS) is 13.7. The highest BCUT2D eigenvalue weighted by Crippen LogP contribution is 2.38. The van der Waals surface area contributed by atoms with Gasteiger partial charge in [-0.1, -0.05) is 6.07 Å². The molecule has 2 heterocycles. The second kappa shape index (κ2) is 12.1. The molecule has 0 bridgehead atoms. The quantitative estimate of drug-likeness (QED) is 0.210. The van der Waals surface area contributed by atoms with E-state index in [1.807, 2.05) is 4.90 Å². The minimum atomic E-state index is -4.59. The first-order chi connectivity index (χ1) is 20.1. The zero-order chi connectivity index (χ0) is 29.9. The lowest BCUT2D eigenvalue weighted by atomic mass is 10.1. The topological polar surface area (TPSA) is 85.0 Å². The van der Waals surface area contributed by atoms with Gasteiger partial charge in [-0.3, -0.25) is 9.88 Å². The Morgan fingerprint density at radius 3 is 2.36 bits per heavy atom. The minimum Gasteiger partial charge on any atom is -0.493 e. The third kappa shape index (κ3) is 6.49. The fourth-order valence-electron chi connectivity index (χ4n) is 4.85. The Morgan fingerprint density at radius 1 is 0.929 bits per heavy atom. The number of carbonyl (C=O) groups excluding carboxylic acids is 1. The molecule has 3 aromatic carbocycles. The molecule has 1 aliphatic heterocycles. The molecule has 1 aromatic heterocycles. The summed E-state index contributed by atoms with van der Waals surface area (Å²) in [5, 5.41) is 5.28. The van der Waals surface area contributed by atoms with Crippen LogP contribution in [0.2, 0.25) is 0 Å². The van der Waals surface area contributed by atoms with Gasteiger partial charge in [0.1, 0.15) is 17.3 Å². The smallest absolute Gasteiger partial charge is 0.416 e. The first kappa shape index (κ1) is 28.9. The van der Waals surface area contributed by atoms with Crippen LogP contribution < -0.4 is 24.8 Å². The molecule has 1 aliphatic rings. The third-order valence-corrected chi connectivity index (χ3v) is 6.89. The highest BCUT2D eigenvalue weighted by Gasteiger charge is 2.34. The summed E-state index contributed by atoms with van der Waals surface area (Å²) in [6, 6.07) is 11.6. The number of carbonyl (C=O) groups is 1. The number of hydrogen-bond acceptors (Lipinski definition) is 6. The second-order valence-electron chi connectivity index (χ2n) is 9.71. The molecule has 0 aliphatic carbocycles. The van der Waals surface area contributed by atoms with Crippen LogP contribution in [0.3, 0.4) is 0 Å². The largest absolute Gasteiger partial charge is 0.493 e. The predicted molar refractivity (Wildman–Crippen MR) is 150 cm³/mol. The van der Waals surface area contributed by atoms with Gasteiger partial charge in [-0.2, -0.15) is 13.2 Å². The van der Waals surface area contributed by atoms with E-state index in [0.717, 1.165) is 38.1 Å². The monoisotopic (exact) mass is 584 g/mol. The first-order valence-corrected chi connectivity index (χ1v) is 13.1. The Morgan fingerprint density at radius 2 is 1.67 bits per heavy atom. The number of benzene rings is 3. The Balaban J connectivity index is 1.29. The van der Waals surface area contributed by atoms with E-state index in [1.54, 1.807) is 18.2 Å². The number of amides is 2. The van der Waals surface area contributed by atoms with Crippen molar-refractivity contribution >= 4 is 28.3 Å². The Hall–Kier alpha value is -4.58. The van der Waals surface area contributed by atoms with Crippen LogP contribution in [0.5, 0.6) is 23.0 Å². The van der Waals surface area contributed by atoms with Crippen LogP contribution in [0, 0.1) is 5.82 Å². The number of pyridine rings is 1. The number of nitrogens with one attached hydrogen (secondary N) is 2. The number of aromatic nitrogens is 1. The van der Waals surface area contributed by atoms with Crippen LogP contribution in [0.4, 0.5) is 33.7 Å². The lowest BCUT2D eigenvalue weighted by Crippen LogP contribution is -2.23. The minimum absolute atomic E-state index is 0.0676. The Kier molecular flexibility index (Phi) is 8.34. The SMILES string of the molecule is COc1cc2nccc(Oc3ccc(NC(=O)Nc4ccc(CN5CCCC5)c(C(F)(F)F)c4)c(F)c3)c2cc1OC.